The summed E-state index contributed by atoms with van der Waals surface area (Å²) < 4.78 is 27.4. The maximum Gasteiger partial charge on any atom is 0.264 e. The number of nitrogens with one attached hydrogen (secondary N) is 3. The molecule has 1 aliphatic rings. The van der Waals surface area contributed by atoms with E-state index < -0.39 is 6.43 Å². The molecule has 0 spiro atoms. The molecule has 5 rings (SSSR count). The molecule has 0 aliphatic heterocycles. The highest BCUT2D eigenvalue weighted by Crippen LogP contribution is 2.40. The van der Waals surface area contributed by atoms with Crippen molar-refractivity contribution in [2.45, 2.75) is 70.9 Å². The first-order chi connectivity index (χ1) is 18.7. The first-order valence-corrected chi connectivity index (χ1v) is 14.5. The summed E-state index contributed by atoms with van der Waals surface area (Å²) in [5.41, 5.74) is 6.22. The smallest absolute Gasteiger partial charge is 0.264 e. The van der Waals surface area contributed by atoms with Crippen molar-refractivity contribution in [3.05, 3.63) is 40.7 Å². The van der Waals surface area contributed by atoms with Crippen LogP contribution in [0.2, 0.25) is 0 Å². The summed E-state index contributed by atoms with van der Waals surface area (Å²) in [5.74, 6) is 0.335. The second-order valence-electron chi connectivity index (χ2n) is 10.8. The van der Waals surface area contributed by atoms with Crippen molar-refractivity contribution in [2.75, 3.05) is 26.7 Å². The molecule has 0 bridgehead atoms. The van der Waals surface area contributed by atoms with Crippen LogP contribution in [0.3, 0.4) is 0 Å². The lowest BCUT2D eigenvalue weighted by Gasteiger charge is -2.35. The van der Waals surface area contributed by atoms with E-state index in [4.69, 9.17) is 0 Å². The molecule has 8 nitrogen and oxygen atoms in total. The lowest BCUT2D eigenvalue weighted by atomic mass is 9.90. The van der Waals surface area contributed by atoms with E-state index in [0.29, 0.717) is 19.1 Å². The van der Waals surface area contributed by atoms with Crippen LogP contribution >= 0.6 is 11.3 Å². The third-order valence-electron chi connectivity index (χ3n) is 7.74. The second kappa shape index (κ2) is 11.7. The highest BCUT2D eigenvalue weighted by molar-refractivity contribution is 7.21. The number of H-pyrrole nitrogens is 1. The molecule has 1 fully saturated rings. The van der Waals surface area contributed by atoms with Gasteiger partial charge in [-0.2, -0.15) is 5.10 Å². The van der Waals surface area contributed by atoms with Gasteiger partial charge in [-0.15, -0.1) is 11.3 Å². The summed E-state index contributed by atoms with van der Waals surface area (Å²) in [7, 11) is 1.91. The van der Waals surface area contributed by atoms with Gasteiger partial charge in [0.1, 0.15) is 6.33 Å². The van der Waals surface area contributed by atoms with Crippen molar-refractivity contribution >= 4 is 33.1 Å². The van der Waals surface area contributed by atoms with Crippen LogP contribution in [0.1, 0.15) is 66.2 Å². The molecule has 11 heteroatoms. The molecule has 1 aliphatic carbocycles. The van der Waals surface area contributed by atoms with Gasteiger partial charge in [0.05, 0.1) is 27.3 Å². The number of thiophene rings is 1. The van der Waals surface area contributed by atoms with Crippen molar-refractivity contribution in [3.8, 4) is 11.3 Å². The van der Waals surface area contributed by atoms with Crippen LogP contribution in [0.15, 0.2) is 24.7 Å². The summed E-state index contributed by atoms with van der Waals surface area (Å²) in [4.78, 5) is 24.1. The van der Waals surface area contributed by atoms with E-state index in [-0.39, 0.29) is 24.4 Å². The Hall–Kier alpha value is -2.89. The SMILES string of the molecule is Cc1cc(-c2[nH]c3cc(C(=O)N(C)C4CCC(NCCNCC(F)F)CC4)sc3c2C(C)C)cn2ncnc12. The number of fused-ring (bicyclic) bond motifs is 2. The van der Waals surface area contributed by atoms with Crippen LogP contribution in [0.25, 0.3) is 27.1 Å². The molecule has 0 aromatic carbocycles. The summed E-state index contributed by atoms with van der Waals surface area (Å²) in [5, 5.41) is 10.5. The Kier molecular flexibility index (Phi) is 8.29. The maximum absolute atomic E-state index is 13.5. The third kappa shape index (κ3) is 5.85. The van der Waals surface area contributed by atoms with Gasteiger partial charge in [-0.05, 0) is 61.8 Å². The normalized spacial score (nSPS) is 18.2. The van der Waals surface area contributed by atoms with E-state index in [1.165, 1.54) is 5.56 Å². The highest BCUT2D eigenvalue weighted by Gasteiger charge is 2.29. The van der Waals surface area contributed by atoms with Crippen LogP contribution in [0.4, 0.5) is 8.78 Å². The number of carbonyl (C=O) groups excluding carboxylic acids is 1. The topological polar surface area (TPSA) is 90.4 Å². The Morgan fingerprint density at radius 1 is 1.23 bits per heavy atom. The molecule has 3 N–H and O–H groups in total. The molecule has 39 heavy (non-hydrogen) atoms. The molecule has 4 aromatic heterocycles. The number of hydrogen-bond acceptors (Lipinski definition) is 6. The minimum Gasteiger partial charge on any atom is -0.354 e. The molecule has 1 saturated carbocycles. The van der Waals surface area contributed by atoms with Gasteiger partial charge in [0.25, 0.3) is 12.3 Å². The van der Waals surface area contributed by atoms with E-state index in [9.17, 15) is 13.6 Å². The van der Waals surface area contributed by atoms with Crippen LogP contribution in [-0.2, 0) is 0 Å². The number of pyridine rings is 1. The molecular formula is C28H37F2N7OS. The Morgan fingerprint density at radius 3 is 2.72 bits per heavy atom. The number of alkyl halides is 2. The van der Waals surface area contributed by atoms with E-state index in [0.717, 1.165) is 63.2 Å². The number of nitrogens with zero attached hydrogens (tertiary/aromatic N) is 4. The van der Waals surface area contributed by atoms with E-state index in [1.807, 2.05) is 35.6 Å². The number of hydrogen-bond donors (Lipinski definition) is 3. The zero-order valence-corrected chi connectivity index (χ0v) is 23.7. The van der Waals surface area contributed by atoms with Crippen molar-refractivity contribution in [3.63, 3.8) is 0 Å². The predicted molar refractivity (Wildman–Crippen MR) is 152 cm³/mol. The van der Waals surface area contributed by atoms with Gasteiger partial charge in [-0.3, -0.25) is 4.79 Å². The van der Waals surface area contributed by atoms with Gasteiger partial charge in [0.15, 0.2) is 5.65 Å². The summed E-state index contributed by atoms with van der Waals surface area (Å²) >= 11 is 1.57. The monoisotopic (exact) mass is 557 g/mol. The van der Waals surface area contributed by atoms with Gasteiger partial charge < -0.3 is 20.5 Å². The number of aryl methyl sites for hydroxylation is 1. The average molecular weight is 558 g/mol. The summed E-state index contributed by atoms with van der Waals surface area (Å²) in [6.45, 7) is 7.34. The van der Waals surface area contributed by atoms with Gasteiger partial charge >= 0.3 is 0 Å². The van der Waals surface area contributed by atoms with Gasteiger partial charge in [0, 0.05) is 44.0 Å². The molecule has 210 valence electrons. The average Bonchev–Trinajstić information content (AvgIpc) is 3.62. The van der Waals surface area contributed by atoms with Gasteiger partial charge in [-0.25, -0.2) is 18.3 Å². The quantitative estimate of drug-likeness (QED) is 0.233. The first kappa shape index (κ1) is 27.7. The Bertz CT molecular complexity index is 1430. The largest absolute Gasteiger partial charge is 0.354 e. The Morgan fingerprint density at radius 2 is 2.00 bits per heavy atom. The molecule has 4 heterocycles. The summed E-state index contributed by atoms with van der Waals surface area (Å²) in [6, 6.07) is 4.70. The Balaban J connectivity index is 1.26. The predicted octanol–water partition coefficient (Wildman–Crippen LogP) is 5.20. The van der Waals surface area contributed by atoms with Crippen molar-refractivity contribution < 1.29 is 13.6 Å². The molecule has 0 unspecified atom stereocenters. The zero-order chi connectivity index (χ0) is 27.7. The van der Waals surface area contributed by atoms with Crippen LogP contribution < -0.4 is 10.6 Å². The van der Waals surface area contributed by atoms with Gasteiger partial charge in [0.2, 0.25) is 0 Å². The minimum atomic E-state index is -2.32. The molecule has 0 atom stereocenters. The van der Waals surface area contributed by atoms with Crippen molar-refractivity contribution in [1.29, 1.82) is 0 Å². The molecule has 1 amide bonds. The number of aromatic amines is 1. The van der Waals surface area contributed by atoms with E-state index in [1.54, 1.807) is 17.7 Å². The van der Waals surface area contributed by atoms with E-state index in [2.05, 4.69) is 45.6 Å². The molecule has 4 aromatic rings. The fraction of sp³-hybridized carbons (Fsp3) is 0.536. The lowest BCUT2D eigenvalue weighted by molar-refractivity contribution is 0.0689. The number of carbonyl (C=O) groups is 1. The molecule has 0 radical (unpaired) electrons. The second-order valence-corrected chi connectivity index (χ2v) is 11.9. The maximum atomic E-state index is 13.5. The lowest BCUT2D eigenvalue weighted by Crippen LogP contribution is -2.44. The molecule has 0 saturated heterocycles. The van der Waals surface area contributed by atoms with Crippen molar-refractivity contribution in [1.82, 2.24) is 35.1 Å². The first-order valence-electron chi connectivity index (χ1n) is 13.7. The van der Waals surface area contributed by atoms with Crippen LogP contribution in [0, 0.1) is 6.92 Å². The van der Waals surface area contributed by atoms with Crippen LogP contribution in [0.5, 0.6) is 0 Å². The number of halogens is 2. The fourth-order valence-corrected chi connectivity index (χ4v) is 6.99. The molecular weight excluding hydrogens is 520 g/mol. The highest BCUT2D eigenvalue weighted by atomic mass is 32.1. The zero-order valence-electron chi connectivity index (χ0n) is 22.9. The number of amides is 1. The third-order valence-corrected chi connectivity index (χ3v) is 8.90. The minimum absolute atomic E-state index is 0.0633. The van der Waals surface area contributed by atoms with Crippen LogP contribution in [-0.4, -0.2) is 75.6 Å². The standard InChI is InChI=1S/C28H37F2N7OS/c1-16(2)24-25(18-11-17(3)27-33-15-34-37(27)14-18)35-21-12-22(39-26(21)24)28(38)36(4)20-7-5-19(6-8-20)32-10-9-31-13-23(29)30/h11-12,14-16,19-20,23,31-32,35H,5-10,13H2,1-4H3. The summed E-state index contributed by atoms with van der Waals surface area (Å²) in [6.07, 6.45) is 5.05. The van der Waals surface area contributed by atoms with E-state index >= 15 is 0 Å². The number of rotatable bonds is 10. The van der Waals surface area contributed by atoms with Gasteiger partial charge in [-0.1, -0.05) is 13.8 Å². The van der Waals surface area contributed by atoms with Crippen molar-refractivity contribution in [2.24, 2.45) is 0 Å². The number of aromatic nitrogens is 4. The Labute approximate surface area is 231 Å². The fourth-order valence-electron chi connectivity index (χ4n) is 5.70.